The van der Waals surface area contributed by atoms with E-state index in [9.17, 15) is 18.0 Å². The topological polar surface area (TPSA) is 102 Å². The Morgan fingerprint density at radius 1 is 1.31 bits per heavy atom. The summed E-state index contributed by atoms with van der Waals surface area (Å²) in [5.74, 6) is 0.572. The van der Waals surface area contributed by atoms with Gasteiger partial charge in [-0.2, -0.15) is 0 Å². The van der Waals surface area contributed by atoms with Gasteiger partial charge in [-0.1, -0.05) is 18.7 Å². The Hall–Kier alpha value is -3.60. The van der Waals surface area contributed by atoms with Crippen LogP contribution in [0, 0.1) is 0 Å². The third-order valence-electron chi connectivity index (χ3n) is 4.63. The Morgan fingerprint density at radius 3 is 2.59 bits per heavy atom. The summed E-state index contributed by atoms with van der Waals surface area (Å²) in [6, 6.07) is 6.55. The van der Waals surface area contributed by atoms with Crippen LogP contribution in [0.4, 0.5) is 24.7 Å². The molecule has 0 bridgehead atoms. The smallest absolute Gasteiger partial charge is 0.406 e. The number of anilines is 1. The summed E-state index contributed by atoms with van der Waals surface area (Å²) in [7, 11) is 1.50. The molecule has 1 aromatic carbocycles. The average Bonchev–Trinajstić information content (AvgIpc) is 2.71. The van der Waals surface area contributed by atoms with E-state index < -0.39 is 12.4 Å². The Bertz CT molecular complexity index is 1040. The van der Waals surface area contributed by atoms with Gasteiger partial charge in [0.05, 0.1) is 19.2 Å². The predicted molar refractivity (Wildman–Crippen MR) is 113 cm³/mol. The highest BCUT2D eigenvalue weighted by atomic mass is 19.4. The molecule has 3 rings (SSSR count). The number of ketones is 1. The number of pyridine rings is 1. The molecule has 2 heterocycles. The number of carbonyl (C=O) groups excluding carboxylic acids is 1. The molecule has 2 aromatic rings. The molecule has 0 saturated carbocycles. The molecule has 0 fully saturated rings. The van der Waals surface area contributed by atoms with Gasteiger partial charge in [-0.3, -0.25) is 4.79 Å². The van der Waals surface area contributed by atoms with Crippen LogP contribution in [0.25, 0.3) is 0 Å². The number of benzene rings is 1. The van der Waals surface area contributed by atoms with Crippen LogP contribution in [-0.2, 0) is 4.74 Å². The van der Waals surface area contributed by atoms with E-state index in [1.165, 1.54) is 44.5 Å². The molecule has 1 aliphatic heterocycles. The summed E-state index contributed by atoms with van der Waals surface area (Å²) in [5.41, 5.74) is 7.36. The van der Waals surface area contributed by atoms with Crippen molar-refractivity contribution in [3.8, 4) is 5.75 Å². The molecule has 3 N–H and O–H groups in total. The quantitative estimate of drug-likeness (QED) is 0.595. The van der Waals surface area contributed by atoms with Gasteiger partial charge in [-0.15, -0.1) is 13.2 Å². The van der Waals surface area contributed by atoms with Crippen molar-refractivity contribution < 1.29 is 27.4 Å². The van der Waals surface area contributed by atoms with E-state index in [2.05, 4.69) is 26.6 Å². The molecule has 1 aliphatic rings. The van der Waals surface area contributed by atoms with Crippen LogP contribution in [0.15, 0.2) is 53.9 Å². The number of alkyl halides is 3. The fourth-order valence-corrected chi connectivity index (χ4v) is 3.24. The van der Waals surface area contributed by atoms with Crippen LogP contribution < -0.4 is 20.7 Å². The van der Waals surface area contributed by atoms with Crippen molar-refractivity contribution in [3.63, 3.8) is 0 Å². The van der Waals surface area contributed by atoms with E-state index >= 15 is 0 Å². The van der Waals surface area contributed by atoms with Crippen molar-refractivity contribution in [2.75, 3.05) is 25.2 Å². The van der Waals surface area contributed by atoms with Gasteiger partial charge in [-0.25, -0.2) is 9.98 Å². The molecule has 1 atom stereocenters. The zero-order valence-corrected chi connectivity index (χ0v) is 17.4. The normalized spacial score (nSPS) is 14.3. The Morgan fingerprint density at radius 2 is 2.00 bits per heavy atom. The number of nitrogens with one attached hydrogen (secondary N) is 1. The number of ether oxygens (including phenoxy) is 2. The number of nitrogens with two attached hydrogens (primary N) is 1. The summed E-state index contributed by atoms with van der Waals surface area (Å²) in [4.78, 5) is 22.3. The van der Waals surface area contributed by atoms with Crippen LogP contribution in [0.3, 0.4) is 0 Å². The lowest BCUT2D eigenvalue weighted by Gasteiger charge is -2.32. The number of methoxy groups -OCH3 is 1. The van der Waals surface area contributed by atoms with Gasteiger partial charge in [0.25, 0.3) is 0 Å². The zero-order valence-electron chi connectivity index (χ0n) is 17.4. The molecule has 0 aliphatic carbocycles. The molecule has 170 valence electrons. The van der Waals surface area contributed by atoms with Crippen molar-refractivity contribution >= 4 is 23.1 Å². The van der Waals surface area contributed by atoms with Gasteiger partial charge >= 0.3 is 6.36 Å². The molecule has 0 saturated heterocycles. The summed E-state index contributed by atoms with van der Waals surface area (Å²) >= 11 is 0. The lowest BCUT2D eigenvalue weighted by Crippen LogP contribution is -2.42. The number of amidine groups is 1. The molecule has 1 aromatic heterocycles. The maximum atomic E-state index is 12.4. The second-order valence-corrected chi connectivity index (χ2v) is 6.99. The van der Waals surface area contributed by atoms with E-state index in [1.807, 2.05) is 0 Å². The zero-order chi connectivity index (χ0) is 23.5. The monoisotopic (exact) mass is 449 g/mol. The number of Topliss-reactive ketones (excluding diaryl/α,β-unsaturated/α-hetero) is 1. The van der Waals surface area contributed by atoms with Crippen molar-refractivity contribution in [1.29, 1.82) is 0 Å². The number of halogens is 3. The summed E-state index contributed by atoms with van der Waals surface area (Å²) < 4.78 is 46.4. The van der Waals surface area contributed by atoms with E-state index in [1.54, 1.807) is 11.0 Å². The minimum atomic E-state index is -4.77. The first-order valence-corrected chi connectivity index (χ1v) is 9.49. The van der Waals surface area contributed by atoms with E-state index in [0.29, 0.717) is 28.5 Å². The van der Waals surface area contributed by atoms with Crippen LogP contribution >= 0.6 is 0 Å². The van der Waals surface area contributed by atoms with Crippen molar-refractivity contribution in [2.45, 2.75) is 19.3 Å². The third-order valence-corrected chi connectivity index (χ3v) is 4.63. The van der Waals surface area contributed by atoms with Crippen LogP contribution in [0.1, 0.15) is 28.9 Å². The van der Waals surface area contributed by atoms with Crippen molar-refractivity contribution in [2.24, 2.45) is 10.7 Å². The van der Waals surface area contributed by atoms with Gasteiger partial charge in [0.1, 0.15) is 23.1 Å². The first-order valence-electron chi connectivity index (χ1n) is 9.49. The minimum absolute atomic E-state index is 0.181. The number of fused-ring (bicyclic) bond motifs is 1. The van der Waals surface area contributed by atoms with Crippen LogP contribution in [-0.4, -0.2) is 43.2 Å². The minimum Gasteiger partial charge on any atom is -0.406 e. The van der Waals surface area contributed by atoms with Crippen LogP contribution in [0.2, 0.25) is 0 Å². The number of aliphatic imine (C=N–C) groups is 1. The van der Waals surface area contributed by atoms with Gasteiger partial charge in [0.15, 0.2) is 11.6 Å². The number of hydrogen-bond donors (Lipinski definition) is 2. The maximum absolute atomic E-state index is 12.4. The van der Waals surface area contributed by atoms with Crippen LogP contribution in [0.5, 0.6) is 5.75 Å². The number of carbonyl (C=O) groups is 1. The highest BCUT2D eigenvalue weighted by Crippen LogP contribution is 2.35. The van der Waals surface area contributed by atoms with Gasteiger partial charge in [0, 0.05) is 18.9 Å². The Kier molecular flexibility index (Phi) is 6.68. The Labute approximate surface area is 182 Å². The SMILES string of the molecule is C=C(NC(COC)c1ccc(OC(F)(F)F)cc1)N1CC(N)=Nc2c(C(C)=O)ccnc21. The van der Waals surface area contributed by atoms with E-state index in [4.69, 9.17) is 10.5 Å². The summed E-state index contributed by atoms with van der Waals surface area (Å²) in [6.45, 7) is 5.86. The molecular weight excluding hydrogens is 427 g/mol. The van der Waals surface area contributed by atoms with Gasteiger partial charge in [0.2, 0.25) is 0 Å². The largest absolute Gasteiger partial charge is 0.573 e. The number of rotatable bonds is 8. The van der Waals surface area contributed by atoms with Gasteiger partial charge < -0.3 is 25.4 Å². The first kappa shape index (κ1) is 23.1. The lowest BCUT2D eigenvalue weighted by molar-refractivity contribution is -0.274. The van der Waals surface area contributed by atoms with Crippen molar-refractivity contribution in [1.82, 2.24) is 10.3 Å². The molecular formula is C21H22F3N5O3. The maximum Gasteiger partial charge on any atom is 0.573 e. The highest BCUT2D eigenvalue weighted by Gasteiger charge is 2.31. The fraction of sp³-hybridized carbons (Fsp3) is 0.286. The first-order chi connectivity index (χ1) is 15.1. The summed E-state index contributed by atoms with van der Waals surface area (Å²) in [6.07, 6.45) is -3.27. The average molecular weight is 449 g/mol. The van der Waals surface area contributed by atoms with E-state index in [-0.39, 0.29) is 30.5 Å². The van der Waals surface area contributed by atoms with Gasteiger partial charge in [-0.05, 0) is 30.7 Å². The molecule has 0 amide bonds. The number of nitrogens with zero attached hydrogens (tertiary/aromatic N) is 3. The fourth-order valence-electron chi connectivity index (χ4n) is 3.24. The molecule has 0 radical (unpaired) electrons. The molecule has 1 unspecified atom stereocenters. The lowest BCUT2D eigenvalue weighted by atomic mass is 10.1. The standard InChI is InChI=1S/C21H22F3N5O3/c1-12(30)16-8-9-26-20-19(16)28-18(25)10-29(20)13(2)27-17(11-31-3)14-4-6-15(7-5-14)32-21(22,23)24/h4-9,17,27H,2,10-11H2,1,3H3,(H2,25,28). The second-order valence-electron chi connectivity index (χ2n) is 6.99. The number of aromatic nitrogens is 1. The van der Waals surface area contributed by atoms with Crippen molar-refractivity contribution in [3.05, 3.63) is 60.1 Å². The molecule has 32 heavy (non-hydrogen) atoms. The van der Waals surface area contributed by atoms with E-state index in [0.717, 1.165) is 0 Å². The Balaban J connectivity index is 1.84. The highest BCUT2D eigenvalue weighted by molar-refractivity contribution is 6.04. The third kappa shape index (κ3) is 5.35. The second kappa shape index (κ2) is 9.27. The molecule has 8 nitrogen and oxygen atoms in total. The predicted octanol–water partition coefficient (Wildman–Crippen LogP) is 3.44. The molecule has 11 heteroatoms. The summed E-state index contributed by atoms with van der Waals surface area (Å²) in [5, 5.41) is 3.19. The number of hydrogen-bond acceptors (Lipinski definition) is 8. The molecule has 0 spiro atoms.